The Labute approximate surface area is 168 Å². The Kier molecular flexibility index (Phi) is 4.88. The van der Waals surface area contributed by atoms with Crippen molar-refractivity contribution in [3.05, 3.63) is 53.2 Å². The van der Waals surface area contributed by atoms with Gasteiger partial charge in [-0.15, -0.1) is 0 Å². The largest absolute Gasteiger partial charge is 0.486 e. The number of carbonyl (C=O) groups is 2. The highest BCUT2D eigenvalue weighted by atomic mass is 16.6. The molecule has 0 spiro atoms. The number of nitrogens with one attached hydrogen (secondary N) is 2. The highest BCUT2D eigenvalue weighted by Crippen LogP contribution is 2.32. The Balaban J connectivity index is 1.43. The maximum Gasteiger partial charge on any atom is 0.338 e. The van der Waals surface area contributed by atoms with E-state index in [1.54, 1.807) is 30.3 Å². The molecule has 1 amide bonds. The number of hydrogen-bond donors (Lipinski definition) is 2. The highest BCUT2D eigenvalue weighted by Gasteiger charge is 2.21. The van der Waals surface area contributed by atoms with Gasteiger partial charge >= 0.3 is 5.97 Å². The molecule has 0 radical (unpaired) electrons. The number of aromatic nitrogens is 1. The number of hydrogen-bond acceptors (Lipinski definition) is 5. The van der Waals surface area contributed by atoms with Crippen LogP contribution >= 0.6 is 0 Å². The van der Waals surface area contributed by atoms with Gasteiger partial charge in [0.15, 0.2) is 17.6 Å². The molecule has 0 saturated carbocycles. The molecule has 3 aromatic rings. The molecule has 0 saturated heterocycles. The number of H-pyrrole nitrogens is 1. The summed E-state index contributed by atoms with van der Waals surface area (Å²) in [7, 11) is 0. The number of ether oxygens (including phenoxy) is 3. The van der Waals surface area contributed by atoms with Crippen LogP contribution in [0.1, 0.15) is 28.5 Å². The summed E-state index contributed by atoms with van der Waals surface area (Å²) < 4.78 is 16.3. The Morgan fingerprint density at radius 3 is 2.62 bits per heavy atom. The molecule has 1 atom stereocenters. The van der Waals surface area contributed by atoms with Crippen molar-refractivity contribution in [2.24, 2.45) is 0 Å². The molecule has 7 nitrogen and oxygen atoms in total. The quantitative estimate of drug-likeness (QED) is 0.658. The molecule has 0 fully saturated rings. The maximum atomic E-state index is 12.5. The lowest BCUT2D eigenvalue weighted by Crippen LogP contribution is -2.30. The van der Waals surface area contributed by atoms with Crippen molar-refractivity contribution in [2.45, 2.75) is 26.9 Å². The molecule has 29 heavy (non-hydrogen) atoms. The van der Waals surface area contributed by atoms with Crippen LogP contribution in [0.15, 0.2) is 36.4 Å². The second-order valence-corrected chi connectivity index (χ2v) is 7.03. The van der Waals surface area contributed by atoms with Crippen LogP contribution in [-0.4, -0.2) is 36.2 Å². The molecular weight excluding hydrogens is 372 g/mol. The minimum Gasteiger partial charge on any atom is -0.486 e. The zero-order chi connectivity index (χ0) is 20.5. The van der Waals surface area contributed by atoms with E-state index in [-0.39, 0.29) is 0 Å². The fourth-order valence-corrected chi connectivity index (χ4v) is 3.24. The molecule has 1 unspecified atom stereocenters. The summed E-state index contributed by atoms with van der Waals surface area (Å²) in [6.07, 6.45) is -0.958. The Bertz CT molecular complexity index is 1100. The number of benzene rings is 2. The van der Waals surface area contributed by atoms with Crippen molar-refractivity contribution in [2.75, 3.05) is 18.5 Å². The molecule has 7 heteroatoms. The number of rotatable bonds is 4. The molecule has 0 bridgehead atoms. The zero-order valence-corrected chi connectivity index (χ0v) is 16.5. The topological polar surface area (TPSA) is 89.7 Å². The predicted octanol–water partition coefficient (Wildman–Crippen LogP) is 3.74. The SMILES string of the molecule is Cc1[nH]c2ccc(C(=O)OC(C)C(=O)Nc3ccc4c(c3)OCCO4)cc2c1C. The third-order valence-electron chi connectivity index (χ3n) is 5.01. The minimum atomic E-state index is -0.958. The van der Waals surface area contributed by atoms with E-state index in [2.05, 4.69) is 10.3 Å². The van der Waals surface area contributed by atoms with Crippen LogP contribution in [0.25, 0.3) is 10.9 Å². The summed E-state index contributed by atoms with van der Waals surface area (Å²) in [4.78, 5) is 28.2. The fourth-order valence-electron chi connectivity index (χ4n) is 3.24. The fraction of sp³-hybridized carbons (Fsp3) is 0.273. The molecule has 0 aliphatic carbocycles. The van der Waals surface area contributed by atoms with Gasteiger partial charge in [0, 0.05) is 28.4 Å². The molecule has 2 N–H and O–H groups in total. The van der Waals surface area contributed by atoms with E-state index >= 15 is 0 Å². The number of esters is 1. The van der Waals surface area contributed by atoms with E-state index in [4.69, 9.17) is 14.2 Å². The van der Waals surface area contributed by atoms with Crippen molar-refractivity contribution >= 4 is 28.5 Å². The van der Waals surface area contributed by atoms with E-state index in [1.165, 1.54) is 6.92 Å². The van der Waals surface area contributed by atoms with Crippen LogP contribution in [0, 0.1) is 13.8 Å². The Hall–Kier alpha value is -3.48. The lowest BCUT2D eigenvalue weighted by Gasteiger charge is -2.19. The van der Waals surface area contributed by atoms with E-state index in [0.29, 0.717) is 36.0 Å². The van der Waals surface area contributed by atoms with Crippen LogP contribution < -0.4 is 14.8 Å². The molecule has 1 aromatic heterocycles. The molecule has 4 rings (SSSR count). The molecular formula is C22H22N2O5. The summed E-state index contributed by atoms with van der Waals surface area (Å²) in [5.41, 5.74) is 4.04. The summed E-state index contributed by atoms with van der Waals surface area (Å²) in [5.74, 6) is 0.239. The first-order valence-corrected chi connectivity index (χ1v) is 9.43. The number of aryl methyl sites for hydroxylation is 2. The monoisotopic (exact) mass is 394 g/mol. The molecule has 1 aliphatic rings. The second kappa shape index (κ2) is 7.50. The van der Waals surface area contributed by atoms with Crippen molar-refractivity contribution in [3.63, 3.8) is 0 Å². The van der Waals surface area contributed by atoms with E-state index in [0.717, 1.165) is 22.2 Å². The first kappa shape index (κ1) is 18.9. The molecule has 2 aromatic carbocycles. The Morgan fingerprint density at radius 1 is 1.07 bits per heavy atom. The van der Waals surface area contributed by atoms with Crippen LogP contribution in [0.3, 0.4) is 0 Å². The third kappa shape index (κ3) is 3.76. The summed E-state index contributed by atoms with van der Waals surface area (Å²) in [6.45, 7) is 6.47. The first-order valence-electron chi connectivity index (χ1n) is 9.43. The van der Waals surface area contributed by atoms with Gasteiger partial charge < -0.3 is 24.5 Å². The van der Waals surface area contributed by atoms with E-state index in [9.17, 15) is 9.59 Å². The van der Waals surface area contributed by atoms with Crippen molar-refractivity contribution in [1.29, 1.82) is 0 Å². The van der Waals surface area contributed by atoms with Crippen molar-refractivity contribution in [1.82, 2.24) is 4.98 Å². The number of aromatic amines is 1. The van der Waals surface area contributed by atoms with Gasteiger partial charge in [0.05, 0.1) is 5.56 Å². The van der Waals surface area contributed by atoms with Crippen molar-refractivity contribution < 1.29 is 23.8 Å². The minimum absolute atomic E-state index is 0.401. The normalized spacial score (nSPS) is 13.8. The average Bonchev–Trinajstić information content (AvgIpc) is 3.01. The second-order valence-electron chi connectivity index (χ2n) is 7.03. The van der Waals surface area contributed by atoms with E-state index < -0.39 is 18.0 Å². The van der Waals surface area contributed by atoms with Gasteiger partial charge in [-0.25, -0.2) is 4.79 Å². The van der Waals surface area contributed by atoms with Crippen LogP contribution in [-0.2, 0) is 9.53 Å². The van der Waals surface area contributed by atoms with Gasteiger partial charge in [0.1, 0.15) is 13.2 Å². The summed E-state index contributed by atoms with van der Waals surface area (Å²) >= 11 is 0. The molecule has 1 aliphatic heterocycles. The lowest BCUT2D eigenvalue weighted by molar-refractivity contribution is -0.123. The van der Waals surface area contributed by atoms with Crippen LogP contribution in [0.5, 0.6) is 11.5 Å². The first-order chi connectivity index (χ1) is 13.9. The highest BCUT2D eigenvalue weighted by molar-refractivity contribution is 5.99. The standard InChI is InChI=1S/C22H22N2O5/c1-12-13(2)23-18-6-4-15(10-17(12)18)22(26)29-14(3)21(25)24-16-5-7-19-20(11-16)28-9-8-27-19/h4-7,10-11,14,23H,8-9H2,1-3H3,(H,24,25). The van der Waals surface area contributed by atoms with Gasteiger partial charge in [0.25, 0.3) is 5.91 Å². The average molecular weight is 394 g/mol. The van der Waals surface area contributed by atoms with Gasteiger partial charge in [-0.2, -0.15) is 0 Å². The summed E-state index contributed by atoms with van der Waals surface area (Å²) in [6, 6.07) is 10.4. The maximum absolute atomic E-state index is 12.5. The van der Waals surface area contributed by atoms with Crippen LogP contribution in [0.2, 0.25) is 0 Å². The van der Waals surface area contributed by atoms with Gasteiger partial charge in [-0.3, -0.25) is 4.79 Å². The zero-order valence-electron chi connectivity index (χ0n) is 16.5. The molecule has 2 heterocycles. The molecule has 150 valence electrons. The van der Waals surface area contributed by atoms with E-state index in [1.807, 2.05) is 19.9 Å². The third-order valence-corrected chi connectivity index (χ3v) is 5.01. The predicted molar refractivity (Wildman–Crippen MR) is 109 cm³/mol. The number of amides is 1. The summed E-state index contributed by atoms with van der Waals surface area (Å²) in [5, 5.41) is 3.70. The van der Waals surface area contributed by atoms with Gasteiger partial charge in [-0.05, 0) is 56.7 Å². The van der Waals surface area contributed by atoms with Gasteiger partial charge in [-0.1, -0.05) is 0 Å². The lowest BCUT2D eigenvalue weighted by atomic mass is 10.1. The Morgan fingerprint density at radius 2 is 1.83 bits per heavy atom. The van der Waals surface area contributed by atoms with Crippen LogP contribution in [0.4, 0.5) is 5.69 Å². The number of fused-ring (bicyclic) bond motifs is 2. The number of carbonyl (C=O) groups excluding carboxylic acids is 2. The number of anilines is 1. The smallest absolute Gasteiger partial charge is 0.338 e. The van der Waals surface area contributed by atoms with Crippen molar-refractivity contribution in [3.8, 4) is 11.5 Å². The van der Waals surface area contributed by atoms with Gasteiger partial charge in [0.2, 0.25) is 0 Å².